The van der Waals surface area contributed by atoms with Gasteiger partial charge in [-0.15, -0.1) is 0 Å². The van der Waals surface area contributed by atoms with Crippen LogP contribution in [0.15, 0.2) is 24.3 Å². The molecule has 0 heterocycles. The molecule has 0 aromatic heterocycles. The fourth-order valence-electron chi connectivity index (χ4n) is 10.4. The van der Waals surface area contributed by atoms with E-state index in [0.29, 0.717) is 25.9 Å². The number of hydrogen-bond acceptors (Lipinski definition) is 5. The molecule has 0 saturated carbocycles. The molecule has 3 N–H and O–H groups in total. The summed E-state index contributed by atoms with van der Waals surface area (Å²) in [6.45, 7) is 4.94. The first-order valence-corrected chi connectivity index (χ1v) is 33.1. The number of amides is 1. The number of nitrogens with one attached hydrogen (secondary N) is 1. The molecule has 0 aromatic rings. The zero-order chi connectivity index (χ0) is 52.9. The van der Waals surface area contributed by atoms with Gasteiger partial charge in [-0.05, 0) is 57.8 Å². The molecule has 2 atom stereocenters. The molecule has 0 spiro atoms. The average Bonchev–Trinajstić information content (AvgIpc) is 3.39. The number of carbonyl (C=O) groups excluding carboxylic acids is 2. The van der Waals surface area contributed by atoms with Gasteiger partial charge in [-0.2, -0.15) is 0 Å². The van der Waals surface area contributed by atoms with Gasteiger partial charge in [0.15, 0.2) is 0 Å². The van der Waals surface area contributed by atoms with E-state index in [4.69, 9.17) is 4.74 Å². The van der Waals surface area contributed by atoms with E-state index in [0.717, 1.165) is 51.4 Å². The molecule has 0 bridgehead atoms. The van der Waals surface area contributed by atoms with Crippen molar-refractivity contribution in [1.82, 2.24) is 5.32 Å². The lowest BCUT2D eigenvalue weighted by atomic mass is 10.0. The molecule has 0 aliphatic heterocycles. The summed E-state index contributed by atoms with van der Waals surface area (Å²) in [5.41, 5.74) is 0. The third kappa shape index (κ3) is 59.4. The number of ether oxygens (including phenoxy) is 1. The highest BCUT2D eigenvalue weighted by molar-refractivity contribution is 5.76. The van der Waals surface area contributed by atoms with E-state index >= 15 is 0 Å². The molecule has 1 amide bonds. The van der Waals surface area contributed by atoms with Crippen molar-refractivity contribution in [2.24, 2.45) is 0 Å². The van der Waals surface area contributed by atoms with Gasteiger partial charge in [0.1, 0.15) is 0 Å². The summed E-state index contributed by atoms with van der Waals surface area (Å²) in [6.07, 6.45) is 77.7. The van der Waals surface area contributed by atoms with Gasteiger partial charge in [-0.25, -0.2) is 0 Å². The minimum atomic E-state index is -0.670. The molecule has 0 saturated heterocycles. The number of allylic oxidation sites excluding steroid dienone is 4. The summed E-state index contributed by atoms with van der Waals surface area (Å²) in [6, 6.07) is -0.547. The van der Waals surface area contributed by atoms with Crippen LogP contribution < -0.4 is 5.32 Å². The quantitative estimate of drug-likeness (QED) is 0.0320. The molecule has 0 rings (SSSR count). The predicted octanol–water partition coefficient (Wildman–Crippen LogP) is 21.0. The van der Waals surface area contributed by atoms with Gasteiger partial charge in [0, 0.05) is 12.8 Å². The van der Waals surface area contributed by atoms with Gasteiger partial charge in [0.05, 0.1) is 25.4 Å². The molecular weight excluding hydrogens is 899 g/mol. The van der Waals surface area contributed by atoms with Crippen LogP contribution >= 0.6 is 0 Å². The number of unbranched alkanes of at least 4 members (excludes halogenated alkanes) is 47. The van der Waals surface area contributed by atoms with Crippen LogP contribution in [0.1, 0.15) is 367 Å². The third-order valence-corrected chi connectivity index (χ3v) is 15.5. The molecule has 0 radical (unpaired) electrons. The van der Waals surface area contributed by atoms with E-state index in [1.807, 2.05) is 0 Å². The molecule has 432 valence electrons. The topological polar surface area (TPSA) is 95.9 Å². The molecule has 6 heteroatoms. The predicted molar refractivity (Wildman–Crippen MR) is 320 cm³/mol. The second-order valence-electron chi connectivity index (χ2n) is 22.8. The summed E-state index contributed by atoms with van der Waals surface area (Å²) in [7, 11) is 0. The van der Waals surface area contributed by atoms with E-state index in [1.54, 1.807) is 0 Å². The Morgan fingerprint density at radius 1 is 0.384 bits per heavy atom. The molecule has 0 fully saturated rings. The minimum absolute atomic E-state index is 0.00759. The Balaban J connectivity index is 3.41. The monoisotopic (exact) mass is 1030 g/mol. The van der Waals surface area contributed by atoms with Crippen molar-refractivity contribution in [3.63, 3.8) is 0 Å². The molecule has 73 heavy (non-hydrogen) atoms. The van der Waals surface area contributed by atoms with Crippen LogP contribution in [0.3, 0.4) is 0 Å². The number of carbonyl (C=O) groups is 2. The van der Waals surface area contributed by atoms with E-state index in [-0.39, 0.29) is 18.5 Å². The summed E-state index contributed by atoms with van der Waals surface area (Å²) >= 11 is 0. The van der Waals surface area contributed by atoms with Gasteiger partial charge in [0.2, 0.25) is 5.91 Å². The highest BCUT2D eigenvalue weighted by Gasteiger charge is 2.20. The largest absolute Gasteiger partial charge is 0.466 e. The van der Waals surface area contributed by atoms with Gasteiger partial charge in [-0.1, -0.05) is 321 Å². The van der Waals surface area contributed by atoms with Gasteiger partial charge in [-0.3, -0.25) is 9.59 Å². The van der Waals surface area contributed by atoms with Crippen molar-refractivity contribution in [1.29, 1.82) is 0 Å². The van der Waals surface area contributed by atoms with Crippen LogP contribution in [0.4, 0.5) is 0 Å². The Bertz CT molecular complexity index is 1140. The Morgan fingerprint density at radius 2 is 0.685 bits per heavy atom. The summed E-state index contributed by atoms with van der Waals surface area (Å²) in [4.78, 5) is 24.6. The van der Waals surface area contributed by atoms with Crippen LogP contribution in [0, 0.1) is 0 Å². The second-order valence-corrected chi connectivity index (χ2v) is 22.8. The smallest absolute Gasteiger partial charge is 0.305 e. The first-order valence-electron chi connectivity index (χ1n) is 33.1. The van der Waals surface area contributed by atoms with Crippen molar-refractivity contribution in [2.45, 2.75) is 379 Å². The van der Waals surface area contributed by atoms with Crippen LogP contribution in [0.25, 0.3) is 0 Å². The molecule has 0 aliphatic carbocycles. The number of aliphatic hydroxyl groups is 2. The van der Waals surface area contributed by atoms with Crippen LogP contribution in [-0.2, 0) is 14.3 Å². The first kappa shape index (κ1) is 71.3. The standard InChI is InChI=1S/C67H129NO5/c1-3-5-7-9-11-13-15-17-19-20-21-22-23-24-25-26-28-32-35-39-43-47-51-55-59-65(70)64(63-69)68-66(71)60-56-52-48-44-40-36-33-29-27-30-34-38-42-46-50-54-58-62-73-67(72)61-57-53-49-45-41-37-31-18-16-14-12-10-8-6-4-2/h12,14,18,31,64-65,69-70H,3-11,13,15-17,19-30,32-63H2,1-2H3,(H,68,71)/b14-12-,31-18-. The van der Waals surface area contributed by atoms with Crippen LogP contribution in [0.2, 0.25) is 0 Å². The zero-order valence-electron chi connectivity index (χ0n) is 49.4. The highest BCUT2D eigenvalue weighted by Crippen LogP contribution is 2.19. The molecule has 0 aliphatic rings. The Hall–Kier alpha value is -1.66. The summed E-state index contributed by atoms with van der Waals surface area (Å²) in [5, 5.41) is 23.4. The van der Waals surface area contributed by atoms with Gasteiger partial charge in [0.25, 0.3) is 0 Å². The van der Waals surface area contributed by atoms with Gasteiger partial charge >= 0.3 is 5.97 Å². The maximum absolute atomic E-state index is 12.5. The van der Waals surface area contributed by atoms with E-state index < -0.39 is 12.1 Å². The summed E-state index contributed by atoms with van der Waals surface area (Å²) in [5.74, 6) is -0.0441. The zero-order valence-corrected chi connectivity index (χ0v) is 49.4. The normalized spacial score (nSPS) is 12.7. The fraction of sp³-hybridized carbons (Fsp3) is 0.910. The summed E-state index contributed by atoms with van der Waals surface area (Å²) < 4.78 is 5.48. The van der Waals surface area contributed by atoms with E-state index in [2.05, 4.69) is 43.5 Å². The van der Waals surface area contributed by atoms with Crippen molar-refractivity contribution in [3.8, 4) is 0 Å². The van der Waals surface area contributed by atoms with Crippen molar-refractivity contribution < 1.29 is 24.5 Å². The molecule has 2 unspecified atom stereocenters. The SMILES string of the molecule is CCCCC/C=C\C/C=C\CCCCCCCC(=O)OCCCCCCCCCCCCCCCCCCCC(=O)NC(CO)C(O)CCCCCCCCCCCCCCCCCCCCCCCCCC. The maximum Gasteiger partial charge on any atom is 0.305 e. The average molecular weight is 1030 g/mol. The second kappa shape index (κ2) is 62.9. The molecule has 0 aromatic carbocycles. The van der Waals surface area contributed by atoms with E-state index in [9.17, 15) is 19.8 Å². The van der Waals surface area contributed by atoms with Crippen LogP contribution in [0.5, 0.6) is 0 Å². The lowest BCUT2D eigenvalue weighted by Crippen LogP contribution is -2.45. The number of rotatable bonds is 62. The first-order chi connectivity index (χ1) is 36.0. The van der Waals surface area contributed by atoms with Crippen molar-refractivity contribution in [2.75, 3.05) is 13.2 Å². The number of aliphatic hydroxyl groups excluding tert-OH is 2. The minimum Gasteiger partial charge on any atom is -0.466 e. The number of hydrogen-bond donors (Lipinski definition) is 3. The Labute approximate surface area is 456 Å². The lowest BCUT2D eigenvalue weighted by Gasteiger charge is -2.22. The highest BCUT2D eigenvalue weighted by atomic mass is 16.5. The Kier molecular flexibility index (Phi) is 61.4. The molecule has 6 nitrogen and oxygen atoms in total. The van der Waals surface area contributed by atoms with Crippen LogP contribution in [-0.4, -0.2) is 47.4 Å². The third-order valence-electron chi connectivity index (χ3n) is 15.5. The molecular formula is C67H129NO5. The Morgan fingerprint density at radius 3 is 1.07 bits per heavy atom. The van der Waals surface area contributed by atoms with Gasteiger partial charge < -0.3 is 20.3 Å². The fourth-order valence-corrected chi connectivity index (χ4v) is 10.4. The van der Waals surface area contributed by atoms with E-state index in [1.165, 1.54) is 283 Å². The lowest BCUT2D eigenvalue weighted by molar-refractivity contribution is -0.143. The van der Waals surface area contributed by atoms with Crippen molar-refractivity contribution >= 4 is 11.9 Å². The maximum atomic E-state index is 12.5. The number of esters is 1. The van der Waals surface area contributed by atoms with Crippen molar-refractivity contribution in [3.05, 3.63) is 24.3 Å².